The topological polar surface area (TPSA) is 99.6 Å². The number of H-pyrrole nitrogens is 1. The fourth-order valence-corrected chi connectivity index (χ4v) is 6.62. The zero-order chi connectivity index (χ0) is 23.5. The van der Waals surface area contributed by atoms with Gasteiger partial charge in [-0.3, -0.25) is 9.59 Å². The van der Waals surface area contributed by atoms with Gasteiger partial charge in [-0.2, -0.15) is 0 Å². The van der Waals surface area contributed by atoms with Crippen LogP contribution in [-0.2, 0) is 0 Å². The number of benzene rings is 1. The molecule has 2 fully saturated rings. The number of phenols is 1. The first-order valence-corrected chi connectivity index (χ1v) is 11.8. The molecule has 7 atom stereocenters. The van der Waals surface area contributed by atoms with Crippen LogP contribution in [0.25, 0.3) is 11.1 Å². The molecular weight excluding hydrogens is 418 g/mol. The minimum atomic E-state index is -1.20. The lowest BCUT2D eigenvalue weighted by molar-refractivity contribution is -0.177. The van der Waals surface area contributed by atoms with Crippen LogP contribution < -0.4 is 10.3 Å². The van der Waals surface area contributed by atoms with E-state index in [4.69, 9.17) is 4.74 Å². The van der Waals surface area contributed by atoms with Gasteiger partial charge in [0, 0.05) is 11.8 Å². The van der Waals surface area contributed by atoms with Crippen molar-refractivity contribution in [2.45, 2.75) is 51.7 Å². The van der Waals surface area contributed by atoms with E-state index in [1.54, 1.807) is 31.2 Å². The third-order valence-corrected chi connectivity index (χ3v) is 8.16. The van der Waals surface area contributed by atoms with E-state index in [9.17, 15) is 19.8 Å². The monoisotopic (exact) mass is 449 g/mol. The summed E-state index contributed by atoms with van der Waals surface area (Å²) >= 11 is 0. The van der Waals surface area contributed by atoms with Gasteiger partial charge < -0.3 is 19.9 Å². The first-order valence-electron chi connectivity index (χ1n) is 11.8. The molecule has 2 heterocycles. The quantitative estimate of drug-likeness (QED) is 0.593. The van der Waals surface area contributed by atoms with Crippen LogP contribution >= 0.6 is 0 Å². The van der Waals surface area contributed by atoms with E-state index in [0.29, 0.717) is 17.0 Å². The molecule has 1 aromatic heterocycles. The number of carbonyl (C=O) groups excluding carboxylic acids is 1. The van der Waals surface area contributed by atoms with E-state index in [-0.39, 0.29) is 40.6 Å². The Morgan fingerprint density at radius 1 is 1.18 bits per heavy atom. The highest BCUT2D eigenvalue weighted by Gasteiger charge is 2.61. The SMILES string of the molecule is CC=C[C@@H]1[C@H]2C[C@@H](C)CC[C@@H]2[C@](C)(O)[C@@H]2Oc3c(-c4ccc(O)cc4)c[nH]c(=O)c3C(=O)[C@@H]12. The highest BCUT2D eigenvalue weighted by Crippen LogP contribution is 2.56. The molecule has 3 N–H and O–H groups in total. The van der Waals surface area contributed by atoms with Gasteiger partial charge in [0.1, 0.15) is 28.8 Å². The molecule has 0 amide bonds. The first kappa shape index (κ1) is 22.0. The van der Waals surface area contributed by atoms with Gasteiger partial charge in [0.25, 0.3) is 5.56 Å². The number of ketones is 1. The standard InChI is InChI=1S/C27H31NO5/c1-4-5-17-18-12-14(2)6-11-20(18)27(3,32)25-21(17)23(30)22-24(33-25)19(13-28-26(22)31)15-7-9-16(29)10-8-15/h4-5,7-10,13-14,17-18,20-21,25,29,32H,6,11-12H2,1-3H3,(H,28,31)/t14-,17+,18+,20-,21+,25+,27-/m0/s1. The number of phenolic OH excluding ortho intramolecular Hbond substituents is 1. The van der Waals surface area contributed by atoms with Crippen molar-refractivity contribution >= 4 is 5.78 Å². The van der Waals surface area contributed by atoms with Crippen LogP contribution in [0.2, 0.25) is 0 Å². The predicted molar refractivity (Wildman–Crippen MR) is 125 cm³/mol. The zero-order valence-corrected chi connectivity index (χ0v) is 19.2. The minimum absolute atomic E-state index is 0.0182. The van der Waals surface area contributed by atoms with E-state index in [1.807, 2.05) is 13.0 Å². The molecule has 0 spiro atoms. The summed E-state index contributed by atoms with van der Waals surface area (Å²) in [7, 11) is 0. The molecule has 2 aromatic rings. The number of aromatic amines is 1. The fourth-order valence-electron chi connectivity index (χ4n) is 6.62. The Labute approximate surface area is 193 Å². The van der Waals surface area contributed by atoms with E-state index >= 15 is 0 Å². The largest absolute Gasteiger partial charge is 0.508 e. The highest BCUT2D eigenvalue weighted by molar-refractivity contribution is 6.03. The summed E-state index contributed by atoms with van der Waals surface area (Å²) in [6, 6.07) is 6.52. The second kappa shape index (κ2) is 7.87. The molecule has 0 saturated heterocycles. The molecule has 0 unspecified atom stereocenters. The number of aliphatic hydroxyl groups is 1. The number of nitrogens with one attached hydrogen (secondary N) is 1. The molecule has 5 rings (SSSR count). The molecule has 3 aliphatic rings. The average molecular weight is 450 g/mol. The maximum Gasteiger partial charge on any atom is 0.262 e. The molecule has 1 aliphatic heterocycles. The number of carbonyl (C=O) groups is 1. The van der Waals surface area contributed by atoms with Gasteiger partial charge in [-0.05, 0) is 68.1 Å². The van der Waals surface area contributed by atoms with Crippen molar-refractivity contribution in [1.82, 2.24) is 4.98 Å². The van der Waals surface area contributed by atoms with Crippen LogP contribution in [0, 0.1) is 29.6 Å². The summed E-state index contributed by atoms with van der Waals surface area (Å²) in [6.07, 6.45) is 7.72. The Bertz CT molecular complexity index is 1160. The molecule has 33 heavy (non-hydrogen) atoms. The number of hydrogen-bond donors (Lipinski definition) is 3. The van der Waals surface area contributed by atoms with Crippen molar-refractivity contribution in [3.05, 3.63) is 58.5 Å². The second-order valence-corrected chi connectivity index (χ2v) is 10.2. The van der Waals surface area contributed by atoms with Gasteiger partial charge in [-0.15, -0.1) is 0 Å². The number of aromatic nitrogens is 1. The lowest BCUT2D eigenvalue weighted by Gasteiger charge is -2.57. The van der Waals surface area contributed by atoms with Gasteiger partial charge in [0.05, 0.1) is 5.92 Å². The van der Waals surface area contributed by atoms with Gasteiger partial charge in [0.15, 0.2) is 5.78 Å². The normalized spacial score (nSPS) is 35.5. The molecule has 2 aliphatic carbocycles. The van der Waals surface area contributed by atoms with Crippen LogP contribution in [0.3, 0.4) is 0 Å². The fraction of sp³-hybridized carbons (Fsp3) is 0.481. The summed E-state index contributed by atoms with van der Waals surface area (Å²) in [5.41, 5.74) is -0.385. The van der Waals surface area contributed by atoms with Crippen molar-refractivity contribution in [1.29, 1.82) is 0 Å². The predicted octanol–water partition coefficient (Wildman–Crippen LogP) is 4.32. The molecule has 0 bridgehead atoms. The molecule has 2 saturated carbocycles. The van der Waals surface area contributed by atoms with Crippen LogP contribution in [0.4, 0.5) is 0 Å². The van der Waals surface area contributed by atoms with E-state index in [1.165, 1.54) is 6.20 Å². The summed E-state index contributed by atoms with van der Waals surface area (Å²) in [4.78, 5) is 29.5. The summed E-state index contributed by atoms with van der Waals surface area (Å²) in [5, 5.41) is 21.5. The third kappa shape index (κ3) is 3.34. The number of rotatable bonds is 2. The zero-order valence-electron chi connectivity index (χ0n) is 19.2. The lowest BCUT2D eigenvalue weighted by Crippen LogP contribution is -2.66. The molecule has 6 heteroatoms. The lowest BCUT2D eigenvalue weighted by atomic mass is 9.52. The highest BCUT2D eigenvalue weighted by atomic mass is 16.5. The molecule has 174 valence electrons. The molecule has 1 aromatic carbocycles. The summed E-state index contributed by atoms with van der Waals surface area (Å²) in [5.74, 6) is 0.0795. The van der Waals surface area contributed by atoms with Crippen molar-refractivity contribution in [2.75, 3.05) is 0 Å². The van der Waals surface area contributed by atoms with Crippen molar-refractivity contribution < 1.29 is 19.7 Å². The maximum atomic E-state index is 14.0. The summed E-state index contributed by atoms with van der Waals surface area (Å²) in [6.45, 7) is 5.98. The Hall–Kier alpha value is -2.86. The number of pyridine rings is 1. The number of ether oxygens (including phenoxy) is 1. The molecule has 6 nitrogen and oxygen atoms in total. The van der Waals surface area contributed by atoms with Crippen LogP contribution in [-0.4, -0.2) is 32.7 Å². The molecule has 0 radical (unpaired) electrons. The van der Waals surface area contributed by atoms with E-state index in [2.05, 4.69) is 18.0 Å². The molecular formula is C27H31NO5. The van der Waals surface area contributed by atoms with E-state index < -0.39 is 23.2 Å². The van der Waals surface area contributed by atoms with Crippen LogP contribution in [0.1, 0.15) is 50.4 Å². The van der Waals surface area contributed by atoms with Gasteiger partial charge >= 0.3 is 0 Å². The Morgan fingerprint density at radius 3 is 2.61 bits per heavy atom. The Morgan fingerprint density at radius 2 is 1.91 bits per heavy atom. The van der Waals surface area contributed by atoms with Crippen molar-refractivity contribution in [2.24, 2.45) is 29.6 Å². The maximum absolute atomic E-state index is 14.0. The van der Waals surface area contributed by atoms with Crippen molar-refractivity contribution in [3.63, 3.8) is 0 Å². The van der Waals surface area contributed by atoms with Crippen LogP contribution in [0.15, 0.2) is 47.4 Å². The number of fused-ring (bicyclic) bond motifs is 3. The Balaban J connectivity index is 1.68. The first-order chi connectivity index (χ1) is 15.7. The smallest absolute Gasteiger partial charge is 0.262 e. The van der Waals surface area contributed by atoms with Gasteiger partial charge in [0.2, 0.25) is 0 Å². The summed E-state index contributed by atoms with van der Waals surface area (Å²) < 4.78 is 6.48. The number of aromatic hydroxyl groups is 1. The third-order valence-electron chi connectivity index (χ3n) is 8.16. The number of hydrogen-bond acceptors (Lipinski definition) is 5. The van der Waals surface area contributed by atoms with Crippen molar-refractivity contribution in [3.8, 4) is 22.6 Å². The Kier molecular flexibility index (Phi) is 5.24. The minimum Gasteiger partial charge on any atom is -0.508 e. The number of allylic oxidation sites excluding steroid dienone is 2. The average Bonchev–Trinajstić information content (AvgIpc) is 2.77. The van der Waals surface area contributed by atoms with Gasteiger partial charge in [-0.1, -0.05) is 37.6 Å². The van der Waals surface area contributed by atoms with Crippen LogP contribution in [0.5, 0.6) is 11.5 Å². The number of Topliss-reactive ketones (excluding diaryl/α,β-unsaturated/α-hetero) is 1. The second-order valence-electron chi connectivity index (χ2n) is 10.2. The van der Waals surface area contributed by atoms with Gasteiger partial charge in [-0.25, -0.2) is 0 Å². The van der Waals surface area contributed by atoms with E-state index in [0.717, 1.165) is 19.3 Å².